The van der Waals surface area contributed by atoms with Crippen molar-refractivity contribution in [2.75, 3.05) is 0 Å². The summed E-state index contributed by atoms with van der Waals surface area (Å²) in [7, 11) is 0. The summed E-state index contributed by atoms with van der Waals surface area (Å²) in [5.74, 6) is 0.748. The van der Waals surface area contributed by atoms with Crippen molar-refractivity contribution in [1.29, 1.82) is 0 Å². The molecule has 0 aliphatic heterocycles. The van der Waals surface area contributed by atoms with Gasteiger partial charge in [0.05, 0.1) is 6.20 Å². The largest absolute Gasteiger partial charge is 0.507 e. The van der Waals surface area contributed by atoms with Crippen LogP contribution in [0.5, 0.6) is 11.5 Å². The van der Waals surface area contributed by atoms with Gasteiger partial charge < -0.3 is 9.84 Å². The maximum atomic E-state index is 9.95. The van der Waals surface area contributed by atoms with Crippen LogP contribution >= 0.6 is 0 Å². The highest BCUT2D eigenvalue weighted by Crippen LogP contribution is 2.33. The molecule has 0 aliphatic carbocycles. The summed E-state index contributed by atoms with van der Waals surface area (Å²) in [6, 6.07) is 18.6. The van der Waals surface area contributed by atoms with E-state index in [1.54, 1.807) is 30.5 Å². The molecule has 0 saturated carbocycles. The lowest BCUT2D eigenvalue weighted by Gasteiger charge is -2.10. The van der Waals surface area contributed by atoms with Crippen LogP contribution in [0.15, 0.2) is 66.9 Å². The number of aromatic nitrogens is 2. The van der Waals surface area contributed by atoms with Crippen molar-refractivity contribution < 1.29 is 9.84 Å². The van der Waals surface area contributed by atoms with E-state index in [0.29, 0.717) is 23.6 Å². The molecule has 0 unspecified atom stereocenters. The number of ether oxygens (including phenoxy) is 1. The second-order valence-electron chi connectivity index (χ2n) is 4.54. The van der Waals surface area contributed by atoms with Gasteiger partial charge in [0.15, 0.2) is 0 Å². The molecule has 0 bridgehead atoms. The second-order valence-corrected chi connectivity index (χ2v) is 4.54. The summed E-state index contributed by atoms with van der Waals surface area (Å²) >= 11 is 0. The number of benzene rings is 2. The first kappa shape index (κ1) is 13.1. The highest BCUT2D eigenvalue weighted by atomic mass is 16.5. The summed E-state index contributed by atoms with van der Waals surface area (Å²) in [4.78, 5) is 0. The van der Waals surface area contributed by atoms with Gasteiger partial charge in [-0.25, -0.2) is 0 Å². The third-order valence-corrected chi connectivity index (χ3v) is 3.08. The van der Waals surface area contributed by atoms with E-state index in [-0.39, 0.29) is 5.75 Å². The number of hydrogen-bond donors (Lipinski definition) is 1. The zero-order chi connectivity index (χ0) is 14.5. The second kappa shape index (κ2) is 6.05. The molecule has 104 valence electrons. The fourth-order valence-electron chi connectivity index (χ4n) is 2.03. The molecule has 0 radical (unpaired) electrons. The number of rotatable bonds is 4. The minimum atomic E-state index is 0.155. The average molecular weight is 278 g/mol. The number of aromatic hydroxyl groups is 1. The maximum Gasteiger partial charge on any atom is 0.149 e. The Morgan fingerprint density at radius 1 is 0.905 bits per heavy atom. The lowest BCUT2D eigenvalue weighted by atomic mass is 10.1. The van der Waals surface area contributed by atoms with Gasteiger partial charge in [-0.15, -0.1) is 5.10 Å². The Kier molecular flexibility index (Phi) is 3.78. The third-order valence-electron chi connectivity index (χ3n) is 3.08. The lowest BCUT2D eigenvalue weighted by Crippen LogP contribution is -1.99. The predicted octanol–water partition coefficient (Wildman–Crippen LogP) is 3.43. The Labute approximate surface area is 122 Å². The van der Waals surface area contributed by atoms with Crippen LogP contribution in [0.1, 0.15) is 5.56 Å². The molecule has 3 rings (SSSR count). The van der Waals surface area contributed by atoms with Crippen LogP contribution < -0.4 is 4.74 Å². The SMILES string of the molecule is Oc1ccccc1-c1nnccc1OCc1ccccc1. The van der Waals surface area contributed by atoms with E-state index < -0.39 is 0 Å². The van der Waals surface area contributed by atoms with E-state index in [2.05, 4.69) is 10.2 Å². The summed E-state index contributed by atoms with van der Waals surface area (Å²) in [5, 5.41) is 17.9. The van der Waals surface area contributed by atoms with Crippen LogP contribution in [0.2, 0.25) is 0 Å². The van der Waals surface area contributed by atoms with Gasteiger partial charge in [-0.05, 0) is 17.7 Å². The Morgan fingerprint density at radius 3 is 2.48 bits per heavy atom. The normalized spacial score (nSPS) is 10.3. The molecule has 3 aromatic rings. The Morgan fingerprint density at radius 2 is 1.67 bits per heavy atom. The van der Waals surface area contributed by atoms with Crippen molar-refractivity contribution in [3.63, 3.8) is 0 Å². The summed E-state index contributed by atoms with van der Waals surface area (Å²) in [6.07, 6.45) is 1.57. The molecular formula is C17H14N2O2. The molecule has 1 aromatic heterocycles. The molecule has 21 heavy (non-hydrogen) atoms. The molecule has 0 amide bonds. The number of para-hydroxylation sites is 1. The summed E-state index contributed by atoms with van der Waals surface area (Å²) in [5.41, 5.74) is 2.21. The topological polar surface area (TPSA) is 55.2 Å². The van der Waals surface area contributed by atoms with E-state index in [0.717, 1.165) is 5.56 Å². The van der Waals surface area contributed by atoms with Crippen molar-refractivity contribution in [2.45, 2.75) is 6.61 Å². The van der Waals surface area contributed by atoms with Crippen molar-refractivity contribution >= 4 is 0 Å². The van der Waals surface area contributed by atoms with Gasteiger partial charge in [-0.3, -0.25) is 0 Å². The number of phenols is 1. The van der Waals surface area contributed by atoms with E-state index in [1.165, 1.54) is 0 Å². The van der Waals surface area contributed by atoms with Crippen LogP contribution in [-0.4, -0.2) is 15.3 Å². The van der Waals surface area contributed by atoms with Gasteiger partial charge in [0, 0.05) is 11.6 Å². The first-order valence-corrected chi connectivity index (χ1v) is 6.61. The van der Waals surface area contributed by atoms with Crippen LogP contribution in [0.4, 0.5) is 0 Å². The quantitative estimate of drug-likeness (QED) is 0.794. The predicted molar refractivity (Wildman–Crippen MR) is 79.9 cm³/mol. The van der Waals surface area contributed by atoms with Crippen LogP contribution in [0, 0.1) is 0 Å². The molecule has 4 heteroatoms. The van der Waals surface area contributed by atoms with Crippen molar-refractivity contribution in [1.82, 2.24) is 10.2 Å². The zero-order valence-electron chi connectivity index (χ0n) is 11.3. The Balaban J connectivity index is 1.88. The average Bonchev–Trinajstić information content (AvgIpc) is 2.55. The van der Waals surface area contributed by atoms with Gasteiger partial charge in [-0.1, -0.05) is 42.5 Å². The minimum absolute atomic E-state index is 0.155. The summed E-state index contributed by atoms with van der Waals surface area (Å²) < 4.78 is 5.82. The number of hydrogen-bond acceptors (Lipinski definition) is 4. The molecule has 1 heterocycles. The fraction of sp³-hybridized carbons (Fsp3) is 0.0588. The van der Waals surface area contributed by atoms with E-state index in [9.17, 15) is 5.11 Å². The van der Waals surface area contributed by atoms with Crippen molar-refractivity contribution in [3.05, 3.63) is 72.4 Å². The molecule has 0 aliphatic rings. The van der Waals surface area contributed by atoms with Gasteiger partial charge in [0.25, 0.3) is 0 Å². The van der Waals surface area contributed by atoms with Crippen LogP contribution in [0.3, 0.4) is 0 Å². The Hall–Kier alpha value is -2.88. The first-order valence-electron chi connectivity index (χ1n) is 6.61. The molecule has 0 atom stereocenters. The van der Waals surface area contributed by atoms with Gasteiger partial charge >= 0.3 is 0 Å². The molecule has 0 saturated heterocycles. The highest BCUT2D eigenvalue weighted by Gasteiger charge is 2.12. The van der Waals surface area contributed by atoms with E-state index in [1.807, 2.05) is 36.4 Å². The lowest BCUT2D eigenvalue weighted by molar-refractivity contribution is 0.305. The standard InChI is InChI=1S/C17H14N2O2/c20-15-9-5-4-8-14(15)17-16(10-11-18-19-17)21-12-13-6-2-1-3-7-13/h1-11,20H,12H2. The van der Waals surface area contributed by atoms with E-state index >= 15 is 0 Å². The number of nitrogens with zero attached hydrogens (tertiary/aromatic N) is 2. The zero-order valence-corrected chi connectivity index (χ0v) is 11.3. The third kappa shape index (κ3) is 3.00. The minimum Gasteiger partial charge on any atom is -0.507 e. The number of phenolic OH excluding ortho intramolecular Hbond substituents is 1. The highest BCUT2D eigenvalue weighted by molar-refractivity contribution is 5.71. The smallest absolute Gasteiger partial charge is 0.149 e. The van der Waals surface area contributed by atoms with Gasteiger partial charge in [-0.2, -0.15) is 5.10 Å². The molecule has 0 spiro atoms. The molecule has 2 aromatic carbocycles. The van der Waals surface area contributed by atoms with Crippen molar-refractivity contribution in [2.24, 2.45) is 0 Å². The fourth-order valence-corrected chi connectivity index (χ4v) is 2.03. The van der Waals surface area contributed by atoms with Crippen molar-refractivity contribution in [3.8, 4) is 22.8 Å². The van der Waals surface area contributed by atoms with Gasteiger partial charge in [0.1, 0.15) is 23.8 Å². The molecular weight excluding hydrogens is 264 g/mol. The maximum absolute atomic E-state index is 9.95. The molecule has 1 N–H and O–H groups in total. The van der Waals surface area contributed by atoms with Crippen LogP contribution in [-0.2, 0) is 6.61 Å². The van der Waals surface area contributed by atoms with Gasteiger partial charge in [0.2, 0.25) is 0 Å². The van der Waals surface area contributed by atoms with E-state index in [4.69, 9.17) is 4.74 Å². The summed E-state index contributed by atoms with van der Waals surface area (Å²) in [6.45, 7) is 0.438. The van der Waals surface area contributed by atoms with Crippen LogP contribution in [0.25, 0.3) is 11.3 Å². The monoisotopic (exact) mass is 278 g/mol. The first-order chi connectivity index (χ1) is 10.3. The molecule has 4 nitrogen and oxygen atoms in total. The molecule has 0 fully saturated rings. The Bertz CT molecular complexity index is 730.